The van der Waals surface area contributed by atoms with Gasteiger partial charge in [0.05, 0.1) is 0 Å². The maximum absolute atomic E-state index is 10.9. The van der Waals surface area contributed by atoms with E-state index in [0.717, 1.165) is 27.3 Å². The van der Waals surface area contributed by atoms with E-state index in [1.807, 2.05) is 32.9 Å². The van der Waals surface area contributed by atoms with E-state index in [-0.39, 0.29) is 0 Å². The molecule has 1 heterocycles. The molecule has 5 rings (SSSR count). The summed E-state index contributed by atoms with van der Waals surface area (Å²) in [6.07, 6.45) is 0. The minimum absolute atomic E-state index is 0.430. The Morgan fingerprint density at radius 2 is 1.42 bits per heavy atom. The van der Waals surface area contributed by atoms with Gasteiger partial charge < -0.3 is 14.7 Å². The summed E-state index contributed by atoms with van der Waals surface area (Å²) >= 11 is 0. The third-order valence-corrected chi connectivity index (χ3v) is 5.04. The van der Waals surface area contributed by atoms with Gasteiger partial charge in [-0.25, -0.2) is 0 Å². The molecule has 0 aliphatic carbocycles. The van der Waals surface area contributed by atoms with Crippen molar-refractivity contribution >= 4 is 55.9 Å². The van der Waals surface area contributed by atoms with Gasteiger partial charge in [0.2, 0.25) is 0 Å². The van der Waals surface area contributed by atoms with Gasteiger partial charge in [-0.3, -0.25) is 0 Å². The first-order valence-electron chi connectivity index (χ1n) is 8.97. The predicted molar refractivity (Wildman–Crippen MR) is 110 cm³/mol. The molecule has 0 amide bonds. The number of hydrogen-bond donors (Lipinski definition) is 2. The van der Waals surface area contributed by atoms with Gasteiger partial charge in [0.15, 0.2) is 0 Å². The van der Waals surface area contributed by atoms with Crippen LogP contribution in [0.2, 0.25) is 0 Å². The number of benzene rings is 4. The Kier molecular flexibility index (Phi) is 3.15. The topological polar surface area (TPSA) is 45.2 Å². The Morgan fingerprint density at radius 1 is 0.769 bits per heavy atom. The molecule has 0 spiro atoms. The van der Waals surface area contributed by atoms with Crippen molar-refractivity contribution in [3.05, 3.63) is 54.6 Å². The zero-order chi connectivity index (χ0) is 18.1. The Hall–Kier alpha value is -2.56. The summed E-state index contributed by atoms with van der Waals surface area (Å²) in [5, 5.41) is 17.9. The SMILES string of the molecule is CC(C)(C)OB(O)c1ccc2[nH]c3cccc4c5ccccc5c1c2c34. The number of hydrogen-bond acceptors (Lipinski definition) is 2. The fraction of sp³-hybridized carbons (Fsp3) is 0.182. The molecule has 0 aliphatic rings. The van der Waals surface area contributed by atoms with Crippen LogP contribution in [0.4, 0.5) is 0 Å². The Bertz CT molecular complexity index is 1270. The second-order valence-corrected chi connectivity index (χ2v) is 7.93. The molecule has 1 aromatic heterocycles. The summed E-state index contributed by atoms with van der Waals surface area (Å²) < 4.78 is 5.88. The molecule has 0 saturated carbocycles. The monoisotopic (exact) mass is 341 g/mol. The van der Waals surface area contributed by atoms with Crippen LogP contribution in [0.3, 0.4) is 0 Å². The molecule has 4 heteroatoms. The minimum Gasteiger partial charge on any atom is -0.423 e. The van der Waals surface area contributed by atoms with Gasteiger partial charge in [0, 0.05) is 27.4 Å². The van der Waals surface area contributed by atoms with Gasteiger partial charge in [-0.1, -0.05) is 42.5 Å². The fourth-order valence-electron chi connectivity index (χ4n) is 4.11. The van der Waals surface area contributed by atoms with Crippen LogP contribution in [-0.2, 0) is 4.65 Å². The number of H-pyrrole nitrogens is 1. The summed E-state index contributed by atoms with van der Waals surface area (Å²) in [4.78, 5) is 3.53. The third-order valence-electron chi connectivity index (χ3n) is 5.04. The van der Waals surface area contributed by atoms with E-state index in [1.165, 1.54) is 21.5 Å². The summed E-state index contributed by atoms with van der Waals surface area (Å²) in [5.74, 6) is 0. The van der Waals surface area contributed by atoms with Crippen LogP contribution in [0.25, 0.3) is 43.4 Å². The average Bonchev–Trinajstić information content (AvgIpc) is 2.98. The molecular formula is C22H20BNO2. The predicted octanol–water partition coefficient (Wildman–Crippen LogP) is 4.57. The van der Waals surface area contributed by atoms with Crippen molar-refractivity contribution in [1.29, 1.82) is 0 Å². The largest absolute Gasteiger partial charge is 0.492 e. The first-order valence-corrected chi connectivity index (χ1v) is 8.97. The first kappa shape index (κ1) is 15.7. The van der Waals surface area contributed by atoms with Crippen molar-refractivity contribution in [3.63, 3.8) is 0 Å². The van der Waals surface area contributed by atoms with Crippen molar-refractivity contribution < 1.29 is 9.68 Å². The van der Waals surface area contributed by atoms with Crippen LogP contribution >= 0.6 is 0 Å². The molecule has 4 aromatic carbocycles. The molecule has 0 atom stereocenters. The van der Waals surface area contributed by atoms with Crippen molar-refractivity contribution in [2.24, 2.45) is 0 Å². The van der Waals surface area contributed by atoms with Gasteiger partial charge in [0.1, 0.15) is 0 Å². The lowest BCUT2D eigenvalue weighted by Gasteiger charge is -2.23. The summed E-state index contributed by atoms with van der Waals surface area (Å²) in [6.45, 7) is 5.87. The van der Waals surface area contributed by atoms with Gasteiger partial charge in [-0.2, -0.15) is 0 Å². The average molecular weight is 341 g/mol. The lowest BCUT2D eigenvalue weighted by molar-refractivity contribution is 0.107. The number of aromatic amines is 1. The number of aromatic nitrogens is 1. The van der Waals surface area contributed by atoms with E-state index in [0.29, 0.717) is 0 Å². The molecule has 2 N–H and O–H groups in total. The van der Waals surface area contributed by atoms with Crippen molar-refractivity contribution in [2.75, 3.05) is 0 Å². The Labute approximate surface area is 152 Å². The fourth-order valence-corrected chi connectivity index (χ4v) is 4.11. The summed E-state index contributed by atoms with van der Waals surface area (Å²) in [7, 11) is -0.974. The lowest BCUT2D eigenvalue weighted by atomic mass is 9.74. The molecular weight excluding hydrogens is 321 g/mol. The van der Waals surface area contributed by atoms with Crippen molar-refractivity contribution in [3.8, 4) is 0 Å². The van der Waals surface area contributed by atoms with E-state index in [1.54, 1.807) is 0 Å². The maximum atomic E-state index is 10.9. The van der Waals surface area contributed by atoms with E-state index >= 15 is 0 Å². The van der Waals surface area contributed by atoms with Gasteiger partial charge in [0.25, 0.3) is 0 Å². The highest BCUT2D eigenvalue weighted by Crippen LogP contribution is 2.40. The van der Waals surface area contributed by atoms with Crippen LogP contribution in [-0.4, -0.2) is 22.7 Å². The zero-order valence-electron chi connectivity index (χ0n) is 15.1. The molecule has 26 heavy (non-hydrogen) atoms. The van der Waals surface area contributed by atoms with Crippen LogP contribution in [0.1, 0.15) is 20.8 Å². The molecule has 0 unspecified atom stereocenters. The zero-order valence-corrected chi connectivity index (χ0v) is 15.1. The molecule has 3 nitrogen and oxygen atoms in total. The lowest BCUT2D eigenvalue weighted by Crippen LogP contribution is -2.40. The molecule has 0 fully saturated rings. The highest BCUT2D eigenvalue weighted by Gasteiger charge is 2.28. The summed E-state index contributed by atoms with van der Waals surface area (Å²) in [6, 6.07) is 18.8. The van der Waals surface area contributed by atoms with Gasteiger partial charge in [-0.05, 0) is 59.9 Å². The van der Waals surface area contributed by atoms with E-state index in [2.05, 4.69) is 47.4 Å². The van der Waals surface area contributed by atoms with Gasteiger partial charge in [-0.15, -0.1) is 0 Å². The molecule has 0 saturated heterocycles. The normalized spacial score (nSPS) is 12.8. The molecule has 0 radical (unpaired) electrons. The second kappa shape index (κ2) is 5.23. The van der Waals surface area contributed by atoms with Crippen LogP contribution in [0, 0.1) is 0 Å². The van der Waals surface area contributed by atoms with E-state index < -0.39 is 12.7 Å². The molecule has 5 aromatic rings. The van der Waals surface area contributed by atoms with Crippen LogP contribution in [0.5, 0.6) is 0 Å². The number of rotatable bonds is 2. The Morgan fingerprint density at radius 3 is 2.19 bits per heavy atom. The van der Waals surface area contributed by atoms with Gasteiger partial charge >= 0.3 is 7.12 Å². The Balaban J connectivity index is 1.98. The first-order chi connectivity index (χ1) is 12.4. The number of fused-ring (bicyclic) bond motifs is 3. The molecule has 0 aliphatic heterocycles. The smallest absolute Gasteiger partial charge is 0.423 e. The second-order valence-electron chi connectivity index (χ2n) is 7.93. The van der Waals surface area contributed by atoms with E-state index in [9.17, 15) is 5.02 Å². The highest BCUT2D eigenvalue weighted by atomic mass is 16.5. The molecule has 0 bridgehead atoms. The summed E-state index contributed by atoms with van der Waals surface area (Å²) in [5.41, 5.74) is 2.59. The highest BCUT2D eigenvalue weighted by molar-refractivity contribution is 6.65. The quantitative estimate of drug-likeness (QED) is 0.365. The molecule has 128 valence electrons. The van der Waals surface area contributed by atoms with Crippen molar-refractivity contribution in [1.82, 2.24) is 4.98 Å². The van der Waals surface area contributed by atoms with Crippen LogP contribution < -0.4 is 5.46 Å². The van der Waals surface area contributed by atoms with E-state index in [4.69, 9.17) is 4.65 Å². The minimum atomic E-state index is -0.974. The van der Waals surface area contributed by atoms with Crippen LogP contribution in [0.15, 0.2) is 54.6 Å². The standard InChI is InChI=1S/C22H20BNO2/c1-22(2,3)26-23(25)16-11-12-18-21-19(16)14-8-5-4-7-13(14)15-9-6-10-17(24-18)20(15)21/h4-12,24-25H,1-3H3. The van der Waals surface area contributed by atoms with Crippen molar-refractivity contribution in [2.45, 2.75) is 26.4 Å². The third kappa shape index (κ3) is 2.16. The number of nitrogens with one attached hydrogen (secondary N) is 1. The maximum Gasteiger partial charge on any atom is 0.492 e.